The summed E-state index contributed by atoms with van der Waals surface area (Å²) in [7, 11) is 0. The SMILES string of the molecule is Cc1cnc(-n2cc(N)cn2)c(C)c1. The summed E-state index contributed by atoms with van der Waals surface area (Å²) in [5, 5.41) is 4.11. The molecule has 2 rings (SSSR count). The van der Waals surface area contributed by atoms with E-state index in [9.17, 15) is 0 Å². The average molecular weight is 188 g/mol. The maximum absolute atomic E-state index is 5.58. The number of nitrogens with zero attached hydrogens (tertiary/aromatic N) is 3. The van der Waals surface area contributed by atoms with Crippen LogP contribution in [0.2, 0.25) is 0 Å². The Kier molecular flexibility index (Phi) is 1.96. The Morgan fingerprint density at radius 2 is 2.07 bits per heavy atom. The van der Waals surface area contributed by atoms with Crippen LogP contribution in [0.15, 0.2) is 24.7 Å². The molecule has 2 aromatic rings. The number of aryl methyl sites for hydroxylation is 2. The highest BCUT2D eigenvalue weighted by Gasteiger charge is 2.03. The number of aromatic nitrogens is 3. The van der Waals surface area contributed by atoms with Gasteiger partial charge in [0.1, 0.15) is 0 Å². The predicted octanol–water partition coefficient (Wildman–Crippen LogP) is 1.47. The van der Waals surface area contributed by atoms with Crippen molar-refractivity contribution in [2.24, 2.45) is 0 Å². The number of nitrogen functional groups attached to an aromatic ring is 1. The third-order valence-corrected chi connectivity index (χ3v) is 2.01. The topological polar surface area (TPSA) is 56.7 Å². The molecule has 0 bridgehead atoms. The average Bonchev–Trinajstić information content (AvgIpc) is 2.51. The van der Waals surface area contributed by atoms with Crippen LogP contribution in [0.3, 0.4) is 0 Å². The summed E-state index contributed by atoms with van der Waals surface area (Å²) in [6, 6.07) is 2.07. The molecule has 0 aliphatic heterocycles. The van der Waals surface area contributed by atoms with Gasteiger partial charge in [-0.15, -0.1) is 0 Å². The third kappa shape index (κ3) is 1.46. The van der Waals surface area contributed by atoms with Gasteiger partial charge in [-0.05, 0) is 25.0 Å². The Bertz CT molecular complexity index is 459. The van der Waals surface area contributed by atoms with E-state index < -0.39 is 0 Å². The van der Waals surface area contributed by atoms with Gasteiger partial charge in [0.15, 0.2) is 5.82 Å². The highest BCUT2D eigenvalue weighted by atomic mass is 15.3. The minimum Gasteiger partial charge on any atom is -0.396 e. The minimum absolute atomic E-state index is 0.645. The molecule has 72 valence electrons. The van der Waals surface area contributed by atoms with Crippen LogP contribution >= 0.6 is 0 Å². The zero-order chi connectivity index (χ0) is 10.1. The molecule has 2 N–H and O–H groups in total. The summed E-state index contributed by atoms with van der Waals surface area (Å²) in [5.74, 6) is 0.826. The minimum atomic E-state index is 0.645. The lowest BCUT2D eigenvalue weighted by atomic mass is 10.2. The molecular weight excluding hydrogens is 176 g/mol. The fraction of sp³-hybridized carbons (Fsp3) is 0.200. The number of hydrogen-bond acceptors (Lipinski definition) is 3. The molecular formula is C10H12N4. The predicted molar refractivity (Wildman–Crippen MR) is 55.2 cm³/mol. The van der Waals surface area contributed by atoms with Crippen LogP contribution in [0.4, 0.5) is 5.69 Å². The van der Waals surface area contributed by atoms with E-state index in [4.69, 9.17) is 5.73 Å². The molecule has 0 radical (unpaired) electrons. The van der Waals surface area contributed by atoms with Crippen LogP contribution in [-0.2, 0) is 0 Å². The molecule has 0 atom stereocenters. The van der Waals surface area contributed by atoms with E-state index in [0.717, 1.165) is 16.9 Å². The smallest absolute Gasteiger partial charge is 0.156 e. The summed E-state index contributed by atoms with van der Waals surface area (Å²) in [5.41, 5.74) is 8.47. The largest absolute Gasteiger partial charge is 0.396 e. The monoisotopic (exact) mass is 188 g/mol. The maximum Gasteiger partial charge on any atom is 0.156 e. The van der Waals surface area contributed by atoms with E-state index in [-0.39, 0.29) is 0 Å². The highest BCUT2D eigenvalue weighted by Crippen LogP contribution is 2.12. The van der Waals surface area contributed by atoms with Crippen molar-refractivity contribution in [3.8, 4) is 5.82 Å². The molecule has 14 heavy (non-hydrogen) atoms. The highest BCUT2D eigenvalue weighted by molar-refractivity contribution is 5.39. The molecule has 0 aliphatic carbocycles. The standard InChI is InChI=1S/C10H12N4/c1-7-3-8(2)10(12-4-7)14-6-9(11)5-13-14/h3-6H,11H2,1-2H3. The Morgan fingerprint density at radius 3 is 2.64 bits per heavy atom. The van der Waals surface area contributed by atoms with Gasteiger partial charge in [0.05, 0.1) is 18.1 Å². The molecule has 4 nitrogen and oxygen atoms in total. The zero-order valence-electron chi connectivity index (χ0n) is 8.23. The summed E-state index contributed by atoms with van der Waals surface area (Å²) in [6.07, 6.45) is 5.19. The van der Waals surface area contributed by atoms with E-state index >= 15 is 0 Å². The van der Waals surface area contributed by atoms with Gasteiger partial charge in [-0.25, -0.2) is 9.67 Å². The van der Waals surface area contributed by atoms with Gasteiger partial charge in [0.25, 0.3) is 0 Å². The summed E-state index contributed by atoms with van der Waals surface area (Å²) in [6.45, 7) is 4.02. The van der Waals surface area contributed by atoms with Crippen molar-refractivity contribution in [1.82, 2.24) is 14.8 Å². The number of rotatable bonds is 1. The Hall–Kier alpha value is -1.84. The molecule has 0 aliphatic rings. The number of nitrogens with two attached hydrogens (primary N) is 1. The van der Waals surface area contributed by atoms with Gasteiger partial charge in [-0.3, -0.25) is 0 Å². The zero-order valence-corrected chi connectivity index (χ0v) is 8.23. The Labute approximate surface area is 82.4 Å². The molecule has 2 heterocycles. The second-order valence-corrected chi connectivity index (χ2v) is 3.37. The Morgan fingerprint density at radius 1 is 1.29 bits per heavy atom. The molecule has 0 fully saturated rings. The van der Waals surface area contributed by atoms with Crippen molar-refractivity contribution in [3.63, 3.8) is 0 Å². The van der Waals surface area contributed by atoms with Crippen LogP contribution in [0.5, 0.6) is 0 Å². The first-order chi connectivity index (χ1) is 6.66. The molecule has 0 saturated carbocycles. The van der Waals surface area contributed by atoms with Crippen molar-refractivity contribution in [2.75, 3.05) is 5.73 Å². The second-order valence-electron chi connectivity index (χ2n) is 3.37. The van der Waals surface area contributed by atoms with Gasteiger partial charge in [0.2, 0.25) is 0 Å². The first-order valence-electron chi connectivity index (χ1n) is 4.40. The van der Waals surface area contributed by atoms with Crippen LogP contribution in [0.1, 0.15) is 11.1 Å². The molecule has 0 saturated heterocycles. The van der Waals surface area contributed by atoms with Crippen molar-refractivity contribution in [1.29, 1.82) is 0 Å². The van der Waals surface area contributed by atoms with Gasteiger partial charge >= 0.3 is 0 Å². The maximum atomic E-state index is 5.58. The normalized spacial score (nSPS) is 10.4. The lowest BCUT2D eigenvalue weighted by molar-refractivity contribution is 0.836. The number of pyridine rings is 1. The molecule has 0 aromatic carbocycles. The molecule has 0 amide bonds. The third-order valence-electron chi connectivity index (χ3n) is 2.01. The van der Waals surface area contributed by atoms with Crippen LogP contribution in [-0.4, -0.2) is 14.8 Å². The first kappa shape index (κ1) is 8.74. The van der Waals surface area contributed by atoms with Crippen LogP contribution in [0, 0.1) is 13.8 Å². The van der Waals surface area contributed by atoms with Gasteiger partial charge in [-0.2, -0.15) is 5.10 Å². The first-order valence-corrected chi connectivity index (χ1v) is 4.40. The summed E-state index contributed by atoms with van der Waals surface area (Å²) >= 11 is 0. The van der Waals surface area contributed by atoms with E-state index in [1.807, 2.05) is 20.0 Å². The molecule has 0 unspecified atom stereocenters. The quantitative estimate of drug-likeness (QED) is 0.737. The van der Waals surface area contributed by atoms with Gasteiger partial charge < -0.3 is 5.73 Å². The van der Waals surface area contributed by atoms with Gasteiger partial charge in [-0.1, -0.05) is 6.07 Å². The van der Waals surface area contributed by atoms with E-state index in [0.29, 0.717) is 5.69 Å². The van der Waals surface area contributed by atoms with Gasteiger partial charge in [0, 0.05) is 6.20 Å². The van der Waals surface area contributed by atoms with Crippen LogP contribution in [0.25, 0.3) is 5.82 Å². The van der Waals surface area contributed by atoms with E-state index in [2.05, 4.69) is 16.1 Å². The summed E-state index contributed by atoms with van der Waals surface area (Å²) < 4.78 is 1.68. The molecule has 2 aromatic heterocycles. The fourth-order valence-electron chi connectivity index (χ4n) is 1.40. The van der Waals surface area contributed by atoms with Crippen molar-refractivity contribution >= 4 is 5.69 Å². The fourth-order valence-corrected chi connectivity index (χ4v) is 1.40. The lowest BCUT2D eigenvalue weighted by Gasteiger charge is -2.04. The number of anilines is 1. The van der Waals surface area contributed by atoms with E-state index in [1.165, 1.54) is 0 Å². The summed E-state index contributed by atoms with van der Waals surface area (Å²) in [4.78, 5) is 4.31. The van der Waals surface area contributed by atoms with E-state index in [1.54, 1.807) is 17.1 Å². The van der Waals surface area contributed by atoms with Crippen LogP contribution < -0.4 is 5.73 Å². The van der Waals surface area contributed by atoms with Crippen molar-refractivity contribution in [2.45, 2.75) is 13.8 Å². The Balaban J connectivity index is 2.52. The molecule has 4 heteroatoms. The lowest BCUT2D eigenvalue weighted by Crippen LogP contribution is -2.00. The molecule has 0 spiro atoms. The second kappa shape index (κ2) is 3.14. The van der Waals surface area contributed by atoms with Crippen molar-refractivity contribution < 1.29 is 0 Å². The number of hydrogen-bond donors (Lipinski definition) is 1. The van der Waals surface area contributed by atoms with Crippen molar-refractivity contribution in [3.05, 3.63) is 35.8 Å².